The fourth-order valence-corrected chi connectivity index (χ4v) is 4.48. The maximum absolute atomic E-state index is 12.4. The van der Waals surface area contributed by atoms with E-state index >= 15 is 0 Å². The maximum atomic E-state index is 12.4. The molecule has 2 nitrogen and oxygen atoms in total. The molecule has 18 heavy (non-hydrogen) atoms. The molecule has 4 heteroatoms. The van der Waals surface area contributed by atoms with Gasteiger partial charge in [-0.3, -0.25) is 0 Å². The van der Waals surface area contributed by atoms with E-state index in [2.05, 4.69) is 0 Å². The predicted molar refractivity (Wildman–Crippen MR) is 73.8 cm³/mol. The zero-order chi connectivity index (χ0) is 12.0. The quantitative estimate of drug-likeness (QED) is 0.552. The molecule has 0 atom stereocenters. The molecule has 86 valence electrons. The van der Waals surface area contributed by atoms with Gasteiger partial charge in [-0.15, -0.1) is 12.4 Å². The van der Waals surface area contributed by atoms with Crippen LogP contribution in [0, 0.1) is 0 Å². The van der Waals surface area contributed by atoms with Crippen LogP contribution in [0.3, 0.4) is 0 Å². The first-order valence-corrected chi connectivity index (χ1v) is 8.62. The van der Waals surface area contributed by atoms with Crippen LogP contribution in [-0.2, 0) is 0 Å². The van der Waals surface area contributed by atoms with Crippen molar-refractivity contribution in [2.45, 2.75) is 0 Å². The average molecular weight is 382 g/mol. The number of benzene rings is 2. The van der Waals surface area contributed by atoms with Crippen molar-refractivity contribution in [1.29, 1.82) is 0 Å². The van der Waals surface area contributed by atoms with E-state index in [0.29, 0.717) is 22.3 Å². The van der Waals surface area contributed by atoms with Crippen LogP contribution in [0.25, 0.3) is 0 Å². The van der Waals surface area contributed by atoms with E-state index in [1.807, 2.05) is 12.1 Å². The van der Waals surface area contributed by atoms with Crippen LogP contribution in [0.1, 0.15) is 31.8 Å². The number of carbonyl (C=O) groups is 2. The first kappa shape index (κ1) is 14.1. The van der Waals surface area contributed by atoms with E-state index in [0.717, 1.165) is 0.0314 Å². The van der Waals surface area contributed by atoms with Gasteiger partial charge < -0.3 is 0 Å². The van der Waals surface area contributed by atoms with Crippen LogP contribution in [-0.4, -0.2) is 58.1 Å². The average Bonchev–Trinajstić information content (AvgIpc) is 2.36. The van der Waals surface area contributed by atoms with Crippen molar-refractivity contribution in [3.8, 4) is 0 Å². The standard InChI is InChI=1S/C14H7O2.Ba.ClH.H/c15-13-9-5-1-2-6-10(9)14(16)12-8-4-3-7-11(12)13;;;/h1-7H;;1H;. The summed E-state index contributed by atoms with van der Waals surface area (Å²) in [5.74, 6) is -0.0133. The summed E-state index contributed by atoms with van der Waals surface area (Å²) in [7, 11) is 0. The van der Waals surface area contributed by atoms with E-state index in [-0.39, 0.29) is 70.5 Å². The summed E-state index contributed by atoms with van der Waals surface area (Å²) in [6.07, 6.45) is 0. The molecule has 0 N–H and O–H groups in total. The molecule has 2 aromatic rings. The molecule has 0 saturated carbocycles. The van der Waals surface area contributed by atoms with Gasteiger partial charge in [0.2, 0.25) is 0 Å². The van der Waals surface area contributed by atoms with E-state index < -0.39 is 0 Å². The molecule has 0 amide bonds. The van der Waals surface area contributed by atoms with Gasteiger partial charge in [-0.1, -0.05) is 0 Å². The summed E-state index contributed by atoms with van der Waals surface area (Å²) in [5.41, 5.74) is 2.31. The van der Waals surface area contributed by atoms with Crippen molar-refractivity contribution < 1.29 is 9.59 Å². The van der Waals surface area contributed by atoms with Gasteiger partial charge in [-0.25, -0.2) is 0 Å². The molecule has 0 radical (unpaired) electrons. The Morgan fingerprint density at radius 3 is 1.94 bits per heavy atom. The molecule has 0 unspecified atom stereocenters. The Morgan fingerprint density at radius 2 is 1.28 bits per heavy atom. The van der Waals surface area contributed by atoms with E-state index in [1.54, 1.807) is 30.3 Å². The Balaban J connectivity index is 0.00000120. The second-order valence-electron chi connectivity index (χ2n) is 4.20. The summed E-state index contributed by atoms with van der Waals surface area (Å²) in [4.78, 5) is 24.6. The third-order valence-corrected chi connectivity index (χ3v) is 5.78. The number of hydrogen-bond donors (Lipinski definition) is 0. The Bertz CT molecular complexity index is 665. The van der Waals surface area contributed by atoms with Gasteiger partial charge >= 0.3 is 132 Å². The van der Waals surface area contributed by atoms with Crippen molar-refractivity contribution in [2.75, 3.05) is 0 Å². The summed E-state index contributed by atoms with van der Waals surface area (Å²) in [5, 5.41) is 0. The molecular weight excluding hydrogens is 373 g/mol. The van der Waals surface area contributed by atoms with Crippen molar-refractivity contribution in [3.63, 3.8) is 0 Å². The number of rotatable bonds is 0. The third kappa shape index (κ3) is 2.03. The summed E-state index contributed by atoms with van der Waals surface area (Å²) in [6.45, 7) is 0. The minimum atomic E-state index is -0.0210. The van der Waals surface area contributed by atoms with Gasteiger partial charge in [0.15, 0.2) is 0 Å². The van der Waals surface area contributed by atoms with Gasteiger partial charge in [0.1, 0.15) is 0 Å². The Labute approximate surface area is 143 Å². The first-order valence-electron chi connectivity index (χ1n) is 5.48. The van der Waals surface area contributed by atoms with Crippen LogP contribution in [0.15, 0.2) is 42.5 Å². The molecular formula is C14H9BaClO2. The van der Waals surface area contributed by atoms with Crippen molar-refractivity contribution in [3.05, 3.63) is 64.7 Å². The van der Waals surface area contributed by atoms with Crippen LogP contribution in [0.2, 0.25) is 0 Å². The van der Waals surface area contributed by atoms with Crippen molar-refractivity contribution in [2.24, 2.45) is 0 Å². The molecule has 1 aliphatic carbocycles. The molecule has 0 heterocycles. The Morgan fingerprint density at radius 1 is 0.722 bits per heavy atom. The monoisotopic (exact) mass is 382 g/mol. The molecule has 0 saturated heterocycles. The third-order valence-electron chi connectivity index (χ3n) is 3.16. The zero-order valence-corrected chi connectivity index (χ0v) is 16.9. The van der Waals surface area contributed by atoms with E-state index in [9.17, 15) is 9.59 Å². The second kappa shape index (κ2) is 5.33. The van der Waals surface area contributed by atoms with Crippen LogP contribution >= 0.6 is 12.4 Å². The summed E-state index contributed by atoms with van der Waals surface area (Å²) >= 11 is 0.117. The number of fused-ring (bicyclic) bond motifs is 2. The van der Waals surface area contributed by atoms with E-state index in [1.165, 1.54) is 0 Å². The Kier molecular flexibility index (Phi) is 4.16. The number of hydrogen-bond acceptors (Lipinski definition) is 2. The molecule has 0 spiro atoms. The van der Waals surface area contributed by atoms with Gasteiger partial charge in [0.25, 0.3) is 0 Å². The Hall–Kier alpha value is -0.359. The second-order valence-corrected chi connectivity index (χ2v) is 7.58. The van der Waals surface area contributed by atoms with Gasteiger partial charge in [0, 0.05) is 0 Å². The van der Waals surface area contributed by atoms with Crippen molar-refractivity contribution >= 4 is 70.5 Å². The predicted octanol–water partition coefficient (Wildman–Crippen LogP) is 1.41. The molecule has 2 aromatic carbocycles. The van der Waals surface area contributed by atoms with Gasteiger partial charge in [0.05, 0.1) is 0 Å². The molecule has 0 aliphatic heterocycles. The summed E-state index contributed by atoms with van der Waals surface area (Å²) in [6, 6.07) is 12.6. The zero-order valence-electron chi connectivity index (χ0n) is 9.77. The molecule has 0 bridgehead atoms. The van der Waals surface area contributed by atoms with E-state index in [4.69, 9.17) is 0 Å². The number of ketones is 2. The molecule has 0 fully saturated rings. The SMILES string of the molecule is Cl.O=C1c2ccccc2C(=O)c2[c]([BaH])cccc21. The molecule has 1 aliphatic rings. The van der Waals surface area contributed by atoms with Gasteiger partial charge in [-0.05, 0) is 0 Å². The fraction of sp³-hybridized carbons (Fsp3) is 0. The van der Waals surface area contributed by atoms with Crippen LogP contribution in [0.4, 0.5) is 0 Å². The number of halogens is 1. The topological polar surface area (TPSA) is 34.1 Å². The van der Waals surface area contributed by atoms with Crippen LogP contribution < -0.4 is 0.0314 Å². The van der Waals surface area contributed by atoms with Gasteiger partial charge in [-0.2, -0.15) is 0 Å². The van der Waals surface area contributed by atoms with Crippen LogP contribution in [0.5, 0.6) is 0 Å². The van der Waals surface area contributed by atoms with Crippen molar-refractivity contribution in [1.82, 2.24) is 0 Å². The minimum absolute atomic E-state index is 0. The first-order chi connectivity index (χ1) is 8.20. The summed E-state index contributed by atoms with van der Waals surface area (Å²) < 4.78 is 1.08. The molecule has 0 aromatic heterocycles. The number of carbonyl (C=O) groups excluding carboxylic acids is 2. The molecule has 3 rings (SSSR count). The normalized spacial score (nSPS) is 12.4. The fourth-order valence-electron chi connectivity index (χ4n) is 2.32.